The first-order valence-electron chi connectivity index (χ1n) is 15.8. The maximum atomic E-state index is 2.49. The van der Waals surface area contributed by atoms with Gasteiger partial charge in [-0.25, -0.2) is 0 Å². The molecular weight excluding hydrogens is 595 g/mol. The molecule has 0 fully saturated rings. The highest BCUT2D eigenvalue weighted by atomic mass is 32.2. The van der Waals surface area contributed by atoms with Crippen LogP contribution >= 0.6 is 23.1 Å². The van der Waals surface area contributed by atoms with Crippen molar-refractivity contribution in [1.29, 1.82) is 0 Å². The summed E-state index contributed by atoms with van der Waals surface area (Å²) in [6.45, 7) is 0. The molecule has 0 atom stereocenters. The van der Waals surface area contributed by atoms with Crippen LogP contribution in [0.1, 0.15) is 22.3 Å². The number of aromatic nitrogens is 1. The quantitative estimate of drug-likeness (QED) is 0.177. The number of thiophene rings is 1. The van der Waals surface area contributed by atoms with Gasteiger partial charge in [-0.15, -0.1) is 11.3 Å². The predicted molar refractivity (Wildman–Crippen MR) is 195 cm³/mol. The maximum absolute atomic E-state index is 2.49. The van der Waals surface area contributed by atoms with E-state index in [0.717, 1.165) is 0 Å². The molecule has 11 rings (SSSR count). The third-order valence-corrected chi connectivity index (χ3v) is 12.6. The minimum absolute atomic E-state index is 0.377. The van der Waals surface area contributed by atoms with Crippen LogP contribution in [0.3, 0.4) is 0 Å². The van der Waals surface area contributed by atoms with E-state index in [4.69, 9.17) is 0 Å². The van der Waals surface area contributed by atoms with Crippen LogP contribution in [0.5, 0.6) is 0 Å². The molecule has 214 valence electrons. The zero-order chi connectivity index (χ0) is 30.0. The number of nitrogens with zero attached hydrogens (tertiary/aromatic N) is 1. The fraction of sp³-hybridized carbons (Fsp3) is 0.0233. The topological polar surface area (TPSA) is 4.93 Å². The van der Waals surface area contributed by atoms with Crippen LogP contribution < -0.4 is 0 Å². The van der Waals surface area contributed by atoms with Gasteiger partial charge < -0.3 is 4.57 Å². The van der Waals surface area contributed by atoms with E-state index in [0.29, 0.717) is 0 Å². The lowest BCUT2D eigenvalue weighted by Crippen LogP contribution is -2.32. The van der Waals surface area contributed by atoms with Crippen LogP contribution in [0, 0.1) is 0 Å². The summed E-state index contributed by atoms with van der Waals surface area (Å²) in [5.41, 5.74) is 11.5. The Morgan fingerprint density at radius 2 is 1.11 bits per heavy atom. The molecule has 0 unspecified atom stereocenters. The Labute approximate surface area is 274 Å². The van der Waals surface area contributed by atoms with E-state index in [1.807, 2.05) is 23.1 Å². The Morgan fingerprint density at radius 1 is 0.457 bits per heavy atom. The Morgan fingerprint density at radius 3 is 1.93 bits per heavy atom. The van der Waals surface area contributed by atoms with Crippen LogP contribution in [0.25, 0.3) is 58.8 Å². The molecule has 1 nitrogen and oxygen atoms in total. The summed E-state index contributed by atoms with van der Waals surface area (Å²) in [4.78, 5) is 2.69. The first-order chi connectivity index (χ1) is 22.8. The lowest BCUT2D eigenvalue weighted by molar-refractivity contribution is 0.726. The smallest absolute Gasteiger partial charge is 0.0735 e. The molecule has 0 radical (unpaired) electrons. The molecule has 0 saturated carbocycles. The average molecular weight is 620 g/mol. The highest BCUT2D eigenvalue weighted by Crippen LogP contribution is 2.63. The van der Waals surface area contributed by atoms with Gasteiger partial charge in [-0.3, -0.25) is 0 Å². The molecule has 1 aliphatic carbocycles. The Bertz CT molecular complexity index is 2700. The van der Waals surface area contributed by atoms with Gasteiger partial charge in [0.05, 0.1) is 16.4 Å². The molecule has 1 aliphatic heterocycles. The van der Waals surface area contributed by atoms with Crippen LogP contribution in [0.2, 0.25) is 0 Å². The number of rotatable bonds is 1. The third kappa shape index (κ3) is 3.03. The van der Waals surface area contributed by atoms with Crippen molar-refractivity contribution < 1.29 is 0 Å². The van der Waals surface area contributed by atoms with Crippen molar-refractivity contribution in [3.8, 4) is 16.8 Å². The molecule has 0 bridgehead atoms. The molecule has 9 aromatic rings. The van der Waals surface area contributed by atoms with E-state index in [9.17, 15) is 0 Å². The molecule has 2 aromatic heterocycles. The summed E-state index contributed by atoms with van der Waals surface area (Å²) in [5.74, 6) is 0. The summed E-state index contributed by atoms with van der Waals surface area (Å²) in [6.07, 6.45) is 0. The molecule has 0 N–H and O–H groups in total. The zero-order valence-electron chi connectivity index (χ0n) is 24.7. The van der Waals surface area contributed by atoms with Crippen molar-refractivity contribution in [3.05, 3.63) is 174 Å². The highest BCUT2D eigenvalue weighted by molar-refractivity contribution is 7.99. The normalized spacial score (nSPS) is 14.2. The predicted octanol–water partition coefficient (Wildman–Crippen LogP) is 12.0. The molecule has 46 heavy (non-hydrogen) atoms. The number of benzene rings is 7. The zero-order valence-corrected chi connectivity index (χ0v) is 26.3. The first-order valence-corrected chi connectivity index (χ1v) is 17.4. The van der Waals surface area contributed by atoms with E-state index < -0.39 is 0 Å². The second kappa shape index (κ2) is 9.01. The van der Waals surface area contributed by atoms with Gasteiger partial charge in [0.25, 0.3) is 0 Å². The van der Waals surface area contributed by atoms with Crippen molar-refractivity contribution in [3.63, 3.8) is 0 Å². The molecule has 0 amide bonds. The van der Waals surface area contributed by atoms with Crippen LogP contribution in [-0.4, -0.2) is 4.57 Å². The number of para-hydroxylation sites is 1. The van der Waals surface area contributed by atoms with Crippen molar-refractivity contribution in [2.24, 2.45) is 0 Å². The highest BCUT2D eigenvalue weighted by Gasteiger charge is 2.50. The van der Waals surface area contributed by atoms with E-state index in [1.54, 1.807) is 0 Å². The lowest BCUT2D eigenvalue weighted by atomic mass is 9.67. The molecule has 3 heterocycles. The van der Waals surface area contributed by atoms with Crippen LogP contribution in [0.4, 0.5) is 0 Å². The number of fused-ring (bicyclic) bond motifs is 16. The van der Waals surface area contributed by atoms with Gasteiger partial charge >= 0.3 is 0 Å². The van der Waals surface area contributed by atoms with E-state index in [2.05, 4.69) is 156 Å². The van der Waals surface area contributed by atoms with Gasteiger partial charge in [0.2, 0.25) is 0 Å². The number of hydrogen-bond donors (Lipinski definition) is 0. The summed E-state index contributed by atoms with van der Waals surface area (Å²) in [5, 5.41) is 5.30. The van der Waals surface area contributed by atoms with Crippen molar-refractivity contribution >= 4 is 65.1 Å². The summed E-state index contributed by atoms with van der Waals surface area (Å²) >= 11 is 3.82. The van der Waals surface area contributed by atoms with Crippen LogP contribution in [0.15, 0.2) is 161 Å². The standard InChI is InChI=1S/C43H25NS2/c1-5-15-32-27(11-1)28-12-2-6-16-33(28)43(32)34-17-7-10-20-39(34)46-42-35(43)23-24-37-41(42)31-14-3-8-18-36(31)44(37)26-21-22-30-29-13-4-9-19-38(29)45-40(30)25-26/h1-25H. The molecule has 7 aromatic carbocycles. The van der Waals surface area contributed by atoms with Gasteiger partial charge in [0.1, 0.15) is 0 Å². The van der Waals surface area contributed by atoms with Crippen molar-refractivity contribution in [1.82, 2.24) is 4.57 Å². The van der Waals surface area contributed by atoms with Gasteiger partial charge in [0.15, 0.2) is 0 Å². The third-order valence-electron chi connectivity index (χ3n) is 10.3. The Kier molecular flexibility index (Phi) is 4.92. The molecule has 1 spiro atoms. The SMILES string of the molecule is c1ccc2c(c1)Sc1c(ccc3c1c1ccccc1n3-c1ccc3c(c1)sc1ccccc13)C21c2ccccc2-c2ccccc21. The average Bonchev–Trinajstić information content (AvgIpc) is 3.75. The molecule has 2 aliphatic rings. The van der Waals surface area contributed by atoms with Gasteiger partial charge in [0, 0.05) is 46.4 Å². The van der Waals surface area contributed by atoms with E-state index in [-0.39, 0.29) is 5.41 Å². The molecule has 3 heteroatoms. The van der Waals surface area contributed by atoms with E-state index in [1.165, 1.54) is 90.8 Å². The Balaban J connectivity index is 1.26. The van der Waals surface area contributed by atoms with Crippen LogP contribution in [-0.2, 0) is 5.41 Å². The Hall–Kier alpha value is -5.09. The summed E-state index contributed by atoms with van der Waals surface area (Å²) < 4.78 is 5.14. The number of hydrogen-bond acceptors (Lipinski definition) is 2. The fourth-order valence-electron chi connectivity index (χ4n) is 8.50. The maximum Gasteiger partial charge on any atom is 0.0735 e. The second-order valence-corrected chi connectivity index (χ2v) is 14.5. The van der Waals surface area contributed by atoms with Gasteiger partial charge in [-0.05, 0) is 69.8 Å². The molecular formula is C43H25NS2. The largest absolute Gasteiger partial charge is 0.309 e. The van der Waals surface area contributed by atoms with Gasteiger partial charge in [-0.2, -0.15) is 0 Å². The van der Waals surface area contributed by atoms with Gasteiger partial charge in [-0.1, -0.05) is 127 Å². The summed E-state index contributed by atoms with van der Waals surface area (Å²) in [6, 6.07) is 56.8. The molecule has 0 saturated heterocycles. The fourth-order valence-corrected chi connectivity index (χ4v) is 11.0. The monoisotopic (exact) mass is 619 g/mol. The van der Waals surface area contributed by atoms with Crippen molar-refractivity contribution in [2.75, 3.05) is 0 Å². The lowest BCUT2D eigenvalue weighted by Gasteiger charge is -2.40. The van der Waals surface area contributed by atoms with Crippen molar-refractivity contribution in [2.45, 2.75) is 15.2 Å². The summed E-state index contributed by atoms with van der Waals surface area (Å²) in [7, 11) is 0. The second-order valence-electron chi connectivity index (χ2n) is 12.4. The minimum Gasteiger partial charge on any atom is -0.309 e. The minimum atomic E-state index is -0.377. The van der Waals surface area contributed by atoms with E-state index >= 15 is 0 Å². The first kappa shape index (κ1) is 25.1.